The van der Waals surface area contributed by atoms with Crippen LogP contribution in [0.5, 0.6) is 0 Å². The summed E-state index contributed by atoms with van der Waals surface area (Å²) in [7, 11) is 0. The third-order valence-corrected chi connectivity index (χ3v) is 3.05. The van der Waals surface area contributed by atoms with Crippen LogP contribution in [0.2, 0.25) is 0 Å². The third kappa shape index (κ3) is 2.46. The molecule has 2 N–H and O–H groups in total. The van der Waals surface area contributed by atoms with Crippen LogP contribution in [0.3, 0.4) is 0 Å². The summed E-state index contributed by atoms with van der Waals surface area (Å²) < 4.78 is 6.38. The summed E-state index contributed by atoms with van der Waals surface area (Å²) in [5, 5.41) is 0. The van der Waals surface area contributed by atoms with Crippen molar-refractivity contribution in [1.82, 2.24) is 9.97 Å². The van der Waals surface area contributed by atoms with Crippen molar-refractivity contribution in [3.8, 4) is 0 Å². The minimum absolute atomic E-state index is 0.0189. The number of anilines is 1. The summed E-state index contributed by atoms with van der Waals surface area (Å²) in [4.78, 5) is 8.50. The molecule has 82 valence electrons. The Morgan fingerprint density at radius 1 is 1.67 bits per heavy atom. The quantitative estimate of drug-likeness (QED) is 0.913. The average molecular weight is 272 g/mol. The highest BCUT2D eigenvalue weighted by atomic mass is 79.9. The van der Waals surface area contributed by atoms with Gasteiger partial charge in [-0.25, -0.2) is 9.97 Å². The number of nitrogens with two attached hydrogens (primary N) is 1. The molecule has 1 unspecified atom stereocenters. The lowest BCUT2D eigenvalue weighted by molar-refractivity contribution is 0.0401. The molecule has 0 aliphatic heterocycles. The zero-order valence-electron chi connectivity index (χ0n) is 8.61. The summed E-state index contributed by atoms with van der Waals surface area (Å²) >= 11 is 3.28. The molecule has 15 heavy (non-hydrogen) atoms. The average Bonchev–Trinajstić information content (AvgIpc) is 3.02. The smallest absolute Gasteiger partial charge is 0.159 e. The highest BCUT2D eigenvalue weighted by Crippen LogP contribution is 2.42. The van der Waals surface area contributed by atoms with Crippen LogP contribution in [-0.2, 0) is 4.74 Å². The first-order valence-electron chi connectivity index (χ1n) is 5.12. The van der Waals surface area contributed by atoms with E-state index in [1.54, 1.807) is 6.20 Å². The number of aromatic nitrogens is 2. The van der Waals surface area contributed by atoms with Crippen molar-refractivity contribution in [2.75, 3.05) is 12.3 Å². The molecular weight excluding hydrogens is 258 g/mol. The topological polar surface area (TPSA) is 61.0 Å². The minimum Gasteiger partial charge on any atom is -0.383 e. The third-order valence-electron chi connectivity index (χ3n) is 2.44. The van der Waals surface area contributed by atoms with Gasteiger partial charge < -0.3 is 10.5 Å². The van der Waals surface area contributed by atoms with Crippen LogP contribution in [0.4, 0.5) is 5.82 Å². The molecular formula is C10H14BrN3O. The monoisotopic (exact) mass is 271 g/mol. The lowest BCUT2D eigenvalue weighted by Crippen LogP contribution is -2.12. The van der Waals surface area contributed by atoms with Crippen molar-refractivity contribution >= 4 is 21.7 Å². The molecule has 1 heterocycles. The van der Waals surface area contributed by atoms with Crippen LogP contribution < -0.4 is 5.73 Å². The van der Waals surface area contributed by atoms with E-state index in [0.29, 0.717) is 24.2 Å². The lowest BCUT2D eigenvalue weighted by Gasteiger charge is -2.15. The minimum atomic E-state index is 0.0189. The lowest BCUT2D eigenvalue weighted by atomic mass is 10.2. The van der Waals surface area contributed by atoms with Crippen molar-refractivity contribution in [2.24, 2.45) is 5.92 Å². The van der Waals surface area contributed by atoms with Gasteiger partial charge in [-0.15, -0.1) is 0 Å². The van der Waals surface area contributed by atoms with Crippen LogP contribution >= 0.6 is 15.9 Å². The zero-order valence-corrected chi connectivity index (χ0v) is 10.2. The van der Waals surface area contributed by atoms with Crippen molar-refractivity contribution < 1.29 is 4.74 Å². The van der Waals surface area contributed by atoms with Crippen molar-refractivity contribution in [1.29, 1.82) is 0 Å². The molecule has 1 aromatic heterocycles. The Morgan fingerprint density at radius 3 is 2.93 bits per heavy atom. The summed E-state index contributed by atoms with van der Waals surface area (Å²) in [5.74, 6) is 1.76. The van der Waals surface area contributed by atoms with Crippen LogP contribution in [0.15, 0.2) is 10.7 Å². The first-order chi connectivity index (χ1) is 7.22. The number of hydrogen-bond donors (Lipinski definition) is 1. The highest BCUT2D eigenvalue weighted by Gasteiger charge is 2.34. The van der Waals surface area contributed by atoms with Gasteiger partial charge in [0.05, 0.1) is 4.47 Å². The summed E-state index contributed by atoms with van der Waals surface area (Å²) in [6.07, 6.45) is 4.10. The molecule has 0 bridgehead atoms. The molecule has 0 saturated heterocycles. The summed E-state index contributed by atoms with van der Waals surface area (Å²) in [6, 6.07) is 0. The summed E-state index contributed by atoms with van der Waals surface area (Å²) in [5.41, 5.74) is 5.72. The second-order valence-corrected chi connectivity index (χ2v) is 4.53. The van der Waals surface area contributed by atoms with Gasteiger partial charge in [-0.3, -0.25) is 0 Å². The van der Waals surface area contributed by atoms with Crippen molar-refractivity contribution in [3.63, 3.8) is 0 Å². The van der Waals surface area contributed by atoms with E-state index in [0.717, 1.165) is 4.47 Å². The molecule has 0 radical (unpaired) electrons. The molecule has 1 aliphatic carbocycles. The first-order valence-corrected chi connectivity index (χ1v) is 5.91. The second kappa shape index (κ2) is 4.45. The Balaban J connectivity index is 2.21. The Morgan fingerprint density at radius 2 is 2.40 bits per heavy atom. The number of nitrogens with zero attached hydrogens (tertiary/aromatic N) is 2. The first kappa shape index (κ1) is 10.8. The molecule has 0 amide bonds. The molecule has 1 saturated carbocycles. The highest BCUT2D eigenvalue weighted by molar-refractivity contribution is 9.10. The fourth-order valence-corrected chi connectivity index (χ4v) is 1.72. The maximum Gasteiger partial charge on any atom is 0.159 e. The van der Waals surface area contributed by atoms with E-state index >= 15 is 0 Å². The Hall–Kier alpha value is -0.680. The Labute approximate surface area is 97.4 Å². The molecule has 1 atom stereocenters. The largest absolute Gasteiger partial charge is 0.383 e. The maximum absolute atomic E-state index is 5.72. The molecule has 4 nitrogen and oxygen atoms in total. The standard InChI is InChI=1S/C10H14BrN3O/c1-2-15-8(6-3-4-6)10-13-5-7(11)9(12)14-10/h5-6,8H,2-4H2,1H3,(H2,12,13,14). The summed E-state index contributed by atoms with van der Waals surface area (Å²) in [6.45, 7) is 2.66. The molecule has 5 heteroatoms. The van der Waals surface area contributed by atoms with Gasteiger partial charge in [0.1, 0.15) is 11.9 Å². The number of ether oxygens (including phenoxy) is 1. The van der Waals surface area contributed by atoms with Crippen LogP contribution in [0.1, 0.15) is 31.7 Å². The van der Waals surface area contributed by atoms with Gasteiger partial charge in [0.2, 0.25) is 0 Å². The van der Waals surface area contributed by atoms with Gasteiger partial charge in [-0.2, -0.15) is 0 Å². The van der Waals surface area contributed by atoms with Gasteiger partial charge in [-0.05, 0) is 41.6 Å². The fourth-order valence-electron chi connectivity index (χ4n) is 1.53. The predicted octanol–water partition coefficient (Wildman–Crippen LogP) is 2.31. The van der Waals surface area contributed by atoms with E-state index in [1.807, 2.05) is 6.92 Å². The molecule has 2 rings (SSSR count). The number of halogens is 1. The molecule has 0 spiro atoms. The van der Waals surface area contributed by atoms with Crippen LogP contribution in [0.25, 0.3) is 0 Å². The van der Waals surface area contributed by atoms with Gasteiger partial charge >= 0.3 is 0 Å². The van der Waals surface area contributed by atoms with Gasteiger partial charge in [-0.1, -0.05) is 0 Å². The van der Waals surface area contributed by atoms with E-state index in [2.05, 4.69) is 25.9 Å². The number of nitrogen functional groups attached to an aromatic ring is 1. The number of hydrogen-bond acceptors (Lipinski definition) is 4. The van der Waals surface area contributed by atoms with Crippen LogP contribution in [-0.4, -0.2) is 16.6 Å². The number of rotatable bonds is 4. The van der Waals surface area contributed by atoms with Gasteiger partial charge in [0.15, 0.2) is 5.82 Å². The van der Waals surface area contributed by atoms with Crippen molar-refractivity contribution in [2.45, 2.75) is 25.9 Å². The van der Waals surface area contributed by atoms with E-state index in [4.69, 9.17) is 10.5 Å². The second-order valence-electron chi connectivity index (χ2n) is 3.67. The maximum atomic E-state index is 5.72. The van der Waals surface area contributed by atoms with E-state index in [-0.39, 0.29) is 6.10 Å². The predicted molar refractivity (Wildman–Crippen MR) is 61.2 cm³/mol. The normalized spacial score (nSPS) is 17.7. The van der Waals surface area contributed by atoms with E-state index in [1.165, 1.54) is 12.8 Å². The molecule has 1 aliphatic rings. The Kier molecular flexibility index (Phi) is 3.21. The van der Waals surface area contributed by atoms with Crippen LogP contribution in [0, 0.1) is 5.92 Å². The van der Waals surface area contributed by atoms with Gasteiger partial charge in [0, 0.05) is 12.8 Å². The molecule has 1 fully saturated rings. The van der Waals surface area contributed by atoms with E-state index in [9.17, 15) is 0 Å². The van der Waals surface area contributed by atoms with E-state index < -0.39 is 0 Å². The zero-order chi connectivity index (χ0) is 10.8. The SMILES string of the molecule is CCOC(c1ncc(Br)c(N)n1)C1CC1. The molecule has 0 aromatic carbocycles. The van der Waals surface area contributed by atoms with Gasteiger partial charge in [0.25, 0.3) is 0 Å². The Bertz CT molecular complexity index is 355. The van der Waals surface area contributed by atoms with Crippen molar-refractivity contribution in [3.05, 3.63) is 16.5 Å². The molecule has 1 aromatic rings. The fraction of sp³-hybridized carbons (Fsp3) is 0.600.